The lowest BCUT2D eigenvalue weighted by molar-refractivity contribution is -0.116. The molecule has 1 aliphatic rings. The molecule has 6 nitrogen and oxygen atoms in total. The van der Waals surface area contributed by atoms with Gasteiger partial charge in [0.25, 0.3) is 0 Å². The first-order chi connectivity index (χ1) is 14.0. The molecule has 0 aliphatic heterocycles. The predicted molar refractivity (Wildman–Crippen MR) is 123 cm³/mol. The molecule has 0 heterocycles. The fourth-order valence-corrected chi connectivity index (χ4v) is 4.98. The molecule has 2 rings (SSSR count). The summed E-state index contributed by atoms with van der Waals surface area (Å²) in [6.07, 6.45) is 5.55. The molecule has 3 atom stereocenters. The fourth-order valence-electron chi connectivity index (χ4n) is 3.63. The first kappa shape index (κ1) is 23.4. The molecule has 3 unspecified atom stereocenters. The van der Waals surface area contributed by atoms with E-state index in [9.17, 15) is 9.00 Å². The second-order valence-corrected chi connectivity index (χ2v) is 9.50. The van der Waals surface area contributed by atoms with Crippen LogP contribution in [0.2, 0.25) is 0 Å². The van der Waals surface area contributed by atoms with Gasteiger partial charge in [-0.2, -0.15) is 0 Å². The molecule has 1 aliphatic carbocycles. The van der Waals surface area contributed by atoms with Gasteiger partial charge < -0.3 is 16.0 Å². The van der Waals surface area contributed by atoms with Gasteiger partial charge in [0.05, 0.1) is 6.54 Å². The van der Waals surface area contributed by atoms with Crippen LogP contribution in [0.25, 0.3) is 0 Å². The van der Waals surface area contributed by atoms with Crippen molar-refractivity contribution in [3.8, 4) is 0 Å². The third kappa shape index (κ3) is 8.17. The zero-order valence-corrected chi connectivity index (χ0v) is 18.8. The molecular weight excluding hydrogens is 384 g/mol. The van der Waals surface area contributed by atoms with Gasteiger partial charge in [-0.15, -0.1) is 0 Å². The fraction of sp³-hybridized carbons (Fsp3) is 0.636. The Morgan fingerprint density at radius 1 is 1.24 bits per heavy atom. The number of aliphatic imine (C=N–C) groups is 1. The highest BCUT2D eigenvalue weighted by Gasteiger charge is 2.26. The van der Waals surface area contributed by atoms with E-state index in [2.05, 4.69) is 22.9 Å². The highest BCUT2D eigenvalue weighted by Crippen LogP contribution is 2.23. The molecule has 1 fully saturated rings. The first-order valence-electron chi connectivity index (χ1n) is 10.9. The minimum absolute atomic E-state index is 0.0412. The number of amides is 1. The third-order valence-electron chi connectivity index (χ3n) is 5.08. The van der Waals surface area contributed by atoms with Crippen molar-refractivity contribution in [1.82, 2.24) is 10.6 Å². The average molecular weight is 421 g/mol. The van der Waals surface area contributed by atoms with Crippen LogP contribution in [0.15, 0.2) is 29.3 Å². The van der Waals surface area contributed by atoms with Crippen molar-refractivity contribution < 1.29 is 9.00 Å². The van der Waals surface area contributed by atoms with Crippen molar-refractivity contribution >= 4 is 28.4 Å². The number of hydrogen-bond donors (Lipinski definition) is 3. The van der Waals surface area contributed by atoms with Gasteiger partial charge in [-0.05, 0) is 50.3 Å². The SMILES string of the molecule is CCCC(=O)Nc1cccc(CN=C(NCC)NC2CCCC(S(=O)CC)C2)c1. The van der Waals surface area contributed by atoms with E-state index in [4.69, 9.17) is 4.99 Å². The summed E-state index contributed by atoms with van der Waals surface area (Å²) in [7, 11) is -0.730. The number of carbonyl (C=O) groups excluding carboxylic acids is 1. The molecule has 1 amide bonds. The molecule has 1 aromatic rings. The largest absolute Gasteiger partial charge is 0.357 e. The van der Waals surface area contributed by atoms with Crippen molar-refractivity contribution in [2.75, 3.05) is 17.6 Å². The Balaban J connectivity index is 1.98. The van der Waals surface area contributed by atoms with Crippen LogP contribution in [0.5, 0.6) is 0 Å². The molecule has 29 heavy (non-hydrogen) atoms. The molecule has 1 aromatic carbocycles. The summed E-state index contributed by atoms with van der Waals surface area (Å²) in [4.78, 5) is 16.5. The average Bonchev–Trinajstić information content (AvgIpc) is 2.72. The van der Waals surface area contributed by atoms with Gasteiger partial charge in [0.15, 0.2) is 5.96 Å². The lowest BCUT2D eigenvalue weighted by atomic mass is 9.95. The van der Waals surface area contributed by atoms with E-state index in [0.717, 1.165) is 61.6 Å². The van der Waals surface area contributed by atoms with Crippen molar-refractivity contribution in [2.24, 2.45) is 4.99 Å². The molecule has 0 spiro atoms. The van der Waals surface area contributed by atoms with Gasteiger partial charge >= 0.3 is 0 Å². The van der Waals surface area contributed by atoms with Crippen LogP contribution >= 0.6 is 0 Å². The number of benzene rings is 1. The number of carbonyl (C=O) groups is 1. The van der Waals surface area contributed by atoms with E-state index in [1.807, 2.05) is 38.1 Å². The summed E-state index contributed by atoms with van der Waals surface area (Å²) < 4.78 is 12.2. The Labute approximate surface area is 177 Å². The number of rotatable bonds is 9. The van der Waals surface area contributed by atoms with Crippen LogP contribution in [0, 0.1) is 0 Å². The standard InChI is InChI=1S/C22H36N4O2S/c1-4-9-21(27)25-18-11-7-10-17(14-18)16-24-22(23-5-2)26-19-12-8-13-20(15-19)29(28)6-3/h7,10-11,14,19-20H,4-6,8-9,12-13,15-16H2,1-3H3,(H,25,27)(H2,23,24,26). The van der Waals surface area contributed by atoms with Crippen LogP contribution in [0.1, 0.15) is 64.9 Å². The second-order valence-electron chi connectivity index (χ2n) is 7.49. The molecule has 3 N–H and O–H groups in total. The van der Waals surface area contributed by atoms with Crippen molar-refractivity contribution in [3.05, 3.63) is 29.8 Å². The Bertz CT molecular complexity index is 708. The first-order valence-corrected chi connectivity index (χ1v) is 12.2. The summed E-state index contributed by atoms with van der Waals surface area (Å²) in [6.45, 7) is 7.36. The van der Waals surface area contributed by atoms with E-state index in [0.29, 0.717) is 19.0 Å². The van der Waals surface area contributed by atoms with Crippen molar-refractivity contribution in [3.63, 3.8) is 0 Å². The number of hydrogen-bond acceptors (Lipinski definition) is 3. The van der Waals surface area contributed by atoms with Crippen LogP contribution in [0.3, 0.4) is 0 Å². The Morgan fingerprint density at radius 2 is 2.07 bits per heavy atom. The molecule has 0 aromatic heterocycles. The van der Waals surface area contributed by atoms with Gasteiger partial charge in [0.2, 0.25) is 5.91 Å². The Morgan fingerprint density at radius 3 is 2.79 bits per heavy atom. The summed E-state index contributed by atoms with van der Waals surface area (Å²) in [6, 6.07) is 8.14. The van der Waals surface area contributed by atoms with Crippen LogP contribution in [-0.2, 0) is 22.1 Å². The lowest BCUT2D eigenvalue weighted by Crippen LogP contribution is -2.46. The Hall–Kier alpha value is -1.89. The molecule has 0 bridgehead atoms. The number of nitrogens with one attached hydrogen (secondary N) is 3. The van der Waals surface area contributed by atoms with Gasteiger partial charge in [-0.3, -0.25) is 9.00 Å². The van der Waals surface area contributed by atoms with Gasteiger partial charge in [-0.25, -0.2) is 4.99 Å². The normalized spacial score (nSPS) is 20.7. The van der Waals surface area contributed by atoms with Crippen molar-refractivity contribution in [2.45, 2.75) is 77.1 Å². The zero-order chi connectivity index (χ0) is 21.1. The Kier molecular flexibility index (Phi) is 10.2. The van der Waals surface area contributed by atoms with Gasteiger partial charge in [0.1, 0.15) is 0 Å². The van der Waals surface area contributed by atoms with Crippen LogP contribution < -0.4 is 16.0 Å². The summed E-state index contributed by atoms with van der Waals surface area (Å²) in [5, 5.41) is 10.1. The maximum atomic E-state index is 12.2. The summed E-state index contributed by atoms with van der Waals surface area (Å²) in [5.41, 5.74) is 1.86. The third-order valence-corrected chi connectivity index (χ3v) is 6.82. The molecule has 0 saturated heterocycles. The summed E-state index contributed by atoms with van der Waals surface area (Å²) in [5.74, 6) is 1.57. The lowest BCUT2D eigenvalue weighted by Gasteiger charge is -2.30. The molecule has 1 saturated carbocycles. The van der Waals surface area contributed by atoms with Gasteiger partial charge in [0, 0.05) is 46.5 Å². The van der Waals surface area contributed by atoms with E-state index in [-0.39, 0.29) is 11.2 Å². The monoisotopic (exact) mass is 420 g/mol. The minimum atomic E-state index is -0.730. The second kappa shape index (κ2) is 12.6. The van der Waals surface area contributed by atoms with E-state index >= 15 is 0 Å². The van der Waals surface area contributed by atoms with E-state index in [1.165, 1.54) is 0 Å². The zero-order valence-electron chi connectivity index (χ0n) is 18.0. The van der Waals surface area contributed by atoms with E-state index < -0.39 is 10.8 Å². The molecule has 7 heteroatoms. The molecule has 162 valence electrons. The van der Waals surface area contributed by atoms with Crippen LogP contribution in [0.4, 0.5) is 5.69 Å². The molecule has 0 radical (unpaired) electrons. The quantitative estimate of drug-likeness (QED) is 0.421. The number of guanidine groups is 1. The maximum absolute atomic E-state index is 12.2. The highest BCUT2D eigenvalue weighted by atomic mass is 32.2. The maximum Gasteiger partial charge on any atom is 0.224 e. The minimum Gasteiger partial charge on any atom is -0.357 e. The topological polar surface area (TPSA) is 82.6 Å². The number of nitrogens with zero attached hydrogens (tertiary/aromatic N) is 1. The van der Waals surface area contributed by atoms with Gasteiger partial charge in [-0.1, -0.05) is 32.4 Å². The predicted octanol–water partition coefficient (Wildman–Crippen LogP) is 3.56. The van der Waals surface area contributed by atoms with Crippen LogP contribution in [-0.4, -0.2) is 39.7 Å². The van der Waals surface area contributed by atoms with E-state index in [1.54, 1.807) is 0 Å². The number of anilines is 1. The smallest absolute Gasteiger partial charge is 0.224 e. The van der Waals surface area contributed by atoms with Crippen molar-refractivity contribution in [1.29, 1.82) is 0 Å². The highest BCUT2D eigenvalue weighted by molar-refractivity contribution is 7.85. The molecular formula is C22H36N4O2S. The summed E-state index contributed by atoms with van der Waals surface area (Å²) >= 11 is 0.